The molecule has 3 nitrogen and oxygen atoms in total. The van der Waals surface area contributed by atoms with Crippen LogP contribution in [0.3, 0.4) is 0 Å². The van der Waals surface area contributed by atoms with E-state index in [1.807, 2.05) is 6.26 Å². The molecule has 0 unspecified atom stereocenters. The Morgan fingerprint density at radius 3 is 2.95 bits per heavy atom. The van der Waals surface area contributed by atoms with E-state index in [4.69, 9.17) is 4.42 Å². The monoisotopic (exact) mass is 296 g/mol. The Kier molecular flexibility index (Phi) is 5.58. The molecule has 1 aliphatic heterocycles. The van der Waals surface area contributed by atoms with Crippen LogP contribution in [0.4, 0.5) is 0 Å². The van der Waals surface area contributed by atoms with Gasteiger partial charge in [-0.3, -0.25) is 4.90 Å². The number of nitrogens with zero attached hydrogens (tertiary/aromatic N) is 1. The number of hydrogen-bond donors (Lipinski definition) is 1. The zero-order valence-electron chi connectivity index (χ0n) is 13.2. The zero-order valence-corrected chi connectivity index (χ0v) is 14.1. The van der Waals surface area contributed by atoms with Crippen molar-refractivity contribution < 1.29 is 4.42 Å². The second kappa shape index (κ2) is 7.01. The maximum absolute atomic E-state index is 5.70. The number of hydrogen-bond acceptors (Lipinski definition) is 4. The van der Waals surface area contributed by atoms with Gasteiger partial charge in [-0.2, -0.15) is 11.8 Å². The van der Waals surface area contributed by atoms with Crippen molar-refractivity contribution in [3.63, 3.8) is 0 Å². The topological polar surface area (TPSA) is 28.4 Å². The molecule has 0 spiro atoms. The molecule has 0 aromatic carbocycles. The van der Waals surface area contributed by atoms with Crippen LogP contribution in [0.1, 0.15) is 39.0 Å². The summed E-state index contributed by atoms with van der Waals surface area (Å²) in [5, 5.41) is 3.50. The molecule has 1 aromatic rings. The molecule has 1 aromatic heterocycles. The van der Waals surface area contributed by atoms with Gasteiger partial charge in [-0.1, -0.05) is 13.8 Å². The molecular formula is C16H28N2OS. The van der Waals surface area contributed by atoms with Gasteiger partial charge in [0.25, 0.3) is 0 Å². The van der Waals surface area contributed by atoms with Crippen molar-refractivity contribution in [2.45, 2.75) is 45.5 Å². The number of thioether (sulfide) groups is 1. The largest absolute Gasteiger partial charge is 0.468 e. The van der Waals surface area contributed by atoms with Gasteiger partial charge >= 0.3 is 0 Å². The van der Waals surface area contributed by atoms with E-state index in [-0.39, 0.29) is 0 Å². The second-order valence-electron chi connectivity index (χ2n) is 6.71. The van der Waals surface area contributed by atoms with E-state index in [0.717, 1.165) is 38.5 Å². The van der Waals surface area contributed by atoms with Crippen LogP contribution in [-0.2, 0) is 13.1 Å². The third-order valence-electron chi connectivity index (χ3n) is 3.58. The standard InChI is InChI=1S/C16H28N2OS/c1-13(2)9-17-10-14-5-7-19-15(14)11-18-6-8-20-16(3,4)12-18/h5,7,13,17H,6,8-12H2,1-4H3. The highest BCUT2D eigenvalue weighted by Gasteiger charge is 2.27. The lowest BCUT2D eigenvalue weighted by Gasteiger charge is -2.37. The molecule has 4 heteroatoms. The second-order valence-corrected chi connectivity index (χ2v) is 8.51. The predicted molar refractivity (Wildman–Crippen MR) is 87.1 cm³/mol. The fourth-order valence-electron chi connectivity index (χ4n) is 2.61. The molecule has 1 N–H and O–H groups in total. The Labute approximate surface area is 127 Å². The van der Waals surface area contributed by atoms with Crippen LogP contribution in [0, 0.1) is 5.92 Å². The summed E-state index contributed by atoms with van der Waals surface area (Å²) >= 11 is 2.07. The van der Waals surface area contributed by atoms with E-state index in [9.17, 15) is 0 Å². The van der Waals surface area contributed by atoms with Gasteiger partial charge in [-0.15, -0.1) is 0 Å². The van der Waals surface area contributed by atoms with E-state index in [1.54, 1.807) is 0 Å². The Hall–Kier alpha value is -0.450. The average molecular weight is 296 g/mol. The quantitative estimate of drug-likeness (QED) is 0.871. The lowest BCUT2D eigenvalue weighted by Crippen LogP contribution is -2.42. The van der Waals surface area contributed by atoms with Crippen LogP contribution in [-0.4, -0.2) is 35.0 Å². The lowest BCUT2D eigenvalue weighted by atomic mass is 10.1. The van der Waals surface area contributed by atoms with Crippen LogP contribution in [0.2, 0.25) is 0 Å². The van der Waals surface area contributed by atoms with Crippen molar-refractivity contribution in [2.24, 2.45) is 5.92 Å². The number of rotatable bonds is 6. The van der Waals surface area contributed by atoms with Gasteiger partial charge in [-0.25, -0.2) is 0 Å². The predicted octanol–water partition coefficient (Wildman–Crippen LogP) is 3.35. The minimum Gasteiger partial charge on any atom is -0.468 e. The van der Waals surface area contributed by atoms with Crippen molar-refractivity contribution >= 4 is 11.8 Å². The van der Waals surface area contributed by atoms with Crippen molar-refractivity contribution in [2.75, 3.05) is 25.4 Å². The number of furan rings is 1. The van der Waals surface area contributed by atoms with Crippen LogP contribution in [0.25, 0.3) is 0 Å². The van der Waals surface area contributed by atoms with E-state index >= 15 is 0 Å². The Balaban J connectivity index is 1.88. The molecule has 0 atom stereocenters. The first-order valence-electron chi connectivity index (χ1n) is 7.58. The van der Waals surface area contributed by atoms with Gasteiger partial charge in [0.1, 0.15) is 5.76 Å². The maximum atomic E-state index is 5.70. The van der Waals surface area contributed by atoms with Gasteiger partial charge in [0.05, 0.1) is 12.8 Å². The minimum absolute atomic E-state index is 0.362. The zero-order chi connectivity index (χ0) is 14.6. The first-order valence-corrected chi connectivity index (χ1v) is 8.57. The molecule has 0 aliphatic carbocycles. The first kappa shape index (κ1) is 15.9. The normalized spacial score (nSPS) is 19.6. The van der Waals surface area contributed by atoms with Crippen LogP contribution in [0.15, 0.2) is 16.7 Å². The van der Waals surface area contributed by atoms with Crippen LogP contribution < -0.4 is 5.32 Å². The Bertz CT molecular complexity index is 414. The molecular weight excluding hydrogens is 268 g/mol. The molecule has 2 heterocycles. The molecule has 20 heavy (non-hydrogen) atoms. The average Bonchev–Trinajstić information content (AvgIpc) is 2.75. The Morgan fingerprint density at radius 2 is 2.25 bits per heavy atom. The molecule has 0 amide bonds. The van der Waals surface area contributed by atoms with Gasteiger partial charge in [-0.05, 0) is 32.4 Å². The molecule has 1 aliphatic rings. The number of nitrogens with one attached hydrogen (secondary N) is 1. The van der Waals surface area contributed by atoms with E-state index < -0.39 is 0 Å². The summed E-state index contributed by atoms with van der Waals surface area (Å²) < 4.78 is 6.07. The smallest absolute Gasteiger partial charge is 0.122 e. The van der Waals surface area contributed by atoms with Crippen LogP contribution >= 0.6 is 11.8 Å². The first-order chi connectivity index (χ1) is 9.46. The van der Waals surface area contributed by atoms with E-state index in [1.165, 1.54) is 11.3 Å². The summed E-state index contributed by atoms with van der Waals surface area (Å²) in [5.41, 5.74) is 1.31. The summed E-state index contributed by atoms with van der Waals surface area (Å²) in [6, 6.07) is 2.10. The highest BCUT2D eigenvalue weighted by molar-refractivity contribution is 8.00. The van der Waals surface area contributed by atoms with Crippen molar-refractivity contribution in [3.8, 4) is 0 Å². The van der Waals surface area contributed by atoms with Crippen molar-refractivity contribution in [1.82, 2.24) is 10.2 Å². The molecule has 0 radical (unpaired) electrons. The van der Waals surface area contributed by atoms with Crippen molar-refractivity contribution in [3.05, 3.63) is 23.7 Å². The van der Waals surface area contributed by atoms with E-state index in [2.05, 4.69) is 55.7 Å². The molecule has 0 bridgehead atoms. The molecule has 1 saturated heterocycles. The fraction of sp³-hybridized carbons (Fsp3) is 0.750. The summed E-state index contributed by atoms with van der Waals surface area (Å²) in [5.74, 6) is 3.03. The molecule has 2 rings (SSSR count). The third kappa shape index (κ3) is 4.83. The fourth-order valence-corrected chi connectivity index (χ4v) is 3.79. The lowest BCUT2D eigenvalue weighted by molar-refractivity contribution is 0.231. The highest BCUT2D eigenvalue weighted by atomic mass is 32.2. The van der Waals surface area contributed by atoms with Gasteiger partial charge in [0, 0.05) is 35.7 Å². The molecule has 114 valence electrons. The van der Waals surface area contributed by atoms with Crippen molar-refractivity contribution in [1.29, 1.82) is 0 Å². The summed E-state index contributed by atoms with van der Waals surface area (Å²) in [6.45, 7) is 14.3. The third-order valence-corrected chi connectivity index (χ3v) is 4.87. The van der Waals surface area contributed by atoms with E-state index in [0.29, 0.717) is 10.7 Å². The Morgan fingerprint density at radius 1 is 1.45 bits per heavy atom. The minimum atomic E-state index is 0.362. The maximum Gasteiger partial charge on any atom is 0.122 e. The van der Waals surface area contributed by atoms with Gasteiger partial charge in [0.2, 0.25) is 0 Å². The summed E-state index contributed by atoms with van der Waals surface area (Å²) in [4.78, 5) is 2.52. The van der Waals surface area contributed by atoms with Gasteiger partial charge < -0.3 is 9.73 Å². The molecule has 1 fully saturated rings. The highest BCUT2D eigenvalue weighted by Crippen LogP contribution is 2.30. The van der Waals surface area contributed by atoms with Crippen LogP contribution in [0.5, 0.6) is 0 Å². The summed E-state index contributed by atoms with van der Waals surface area (Å²) in [6.07, 6.45) is 1.82. The summed E-state index contributed by atoms with van der Waals surface area (Å²) in [7, 11) is 0. The SMILES string of the molecule is CC(C)CNCc1ccoc1CN1CCSC(C)(C)C1. The van der Waals surface area contributed by atoms with Gasteiger partial charge in [0.15, 0.2) is 0 Å². The molecule has 0 saturated carbocycles.